The van der Waals surface area contributed by atoms with Crippen molar-refractivity contribution in [1.29, 1.82) is 10.5 Å². The van der Waals surface area contributed by atoms with E-state index < -0.39 is 0 Å². The molecular formula is C40H30N4. The van der Waals surface area contributed by atoms with E-state index in [4.69, 9.17) is 0 Å². The molecule has 210 valence electrons. The zero-order valence-electron chi connectivity index (χ0n) is 24.8. The average Bonchev–Trinajstić information content (AvgIpc) is 3.57. The van der Waals surface area contributed by atoms with Crippen molar-refractivity contribution < 1.29 is 0 Å². The molecule has 0 saturated carbocycles. The van der Waals surface area contributed by atoms with Crippen LogP contribution in [-0.2, 0) is 13.1 Å². The minimum Gasteiger partial charge on any atom is -0.341 e. The van der Waals surface area contributed by atoms with Crippen LogP contribution in [0.4, 0.5) is 0 Å². The van der Waals surface area contributed by atoms with E-state index >= 15 is 0 Å². The van der Waals surface area contributed by atoms with E-state index in [0.29, 0.717) is 11.1 Å². The molecule has 0 aliphatic rings. The Kier molecular flexibility index (Phi) is 6.82. The molecule has 4 heteroatoms. The third-order valence-corrected chi connectivity index (χ3v) is 8.60. The molecule has 0 amide bonds. The highest BCUT2D eigenvalue weighted by Crippen LogP contribution is 2.32. The lowest BCUT2D eigenvalue weighted by molar-refractivity contribution is 0.827. The fourth-order valence-corrected chi connectivity index (χ4v) is 6.51. The summed E-state index contributed by atoms with van der Waals surface area (Å²) >= 11 is 0. The van der Waals surface area contributed by atoms with Gasteiger partial charge in [-0.05, 0) is 84.6 Å². The van der Waals surface area contributed by atoms with Crippen LogP contribution in [0.15, 0.2) is 97.1 Å². The molecule has 0 aliphatic carbocycles. The van der Waals surface area contributed by atoms with Crippen molar-refractivity contribution in [2.24, 2.45) is 0 Å². The fourth-order valence-electron chi connectivity index (χ4n) is 6.51. The normalized spacial score (nSPS) is 11.8. The van der Waals surface area contributed by atoms with Crippen molar-refractivity contribution >= 4 is 67.9 Å². The van der Waals surface area contributed by atoms with E-state index in [1.807, 2.05) is 36.4 Å². The fraction of sp³-hybridized carbons (Fsp3) is 0.100. The van der Waals surface area contributed by atoms with Crippen LogP contribution in [0.5, 0.6) is 0 Å². The summed E-state index contributed by atoms with van der Waals surface area (Å²) < 4.78 is 4.66. The first-order valence-corrected chi connectivity index (χ1v) is 15.0. The van der Waals surface area contributed by atoms with Crippen LogP contribution >= 0.6 is 0 Å². The quantitative estimate of drug-likeness (QED) is 0.188. The summed E-state index contributed by atoms with van der Waals surface area (Å²) in [6.45, 7) is 6.14. The number of nitrogens with zero attached hydrogens (tertiary/aromatic N) is 4. The molecule has 0 unspecified atom stereocenters. The molecule has 7 aromatic rings. The molecule has 0 radical (unpaired) electrons. The third kappa shape index (κ3) is 4.46. The molecule has 0 saturated heterocycles. The predicted octanol–water partition coefficient (Wildman–Crippen LogP) is 10.0. The number of aromatic nitrogens is 2. The molecule has 0 atom stereocenters. The molecular weight excluding hydrogens is 536 g/mol. The second-order valence-corrected chi connectivity index (χ2v) is 11.0. The SMILES string of the molecule is CCn1c2ccccc2c2cc(/C=C/c3cc(C#N)c(/C=C/c4ccc5c(c4)c4ccccc4n5CC)cc3C#N)ccc21. The Labute approximate surface area is 256 Å². The van der Waals surface area contributed by atoms with Crippen LogP contribution in [0.3, 0.4) is 0 Å². The van der Waals surface area contributed by atoms with E-state index in [1.54, 1.807) is 0 Å². The minimum atomic E-state index is 0.532. The summed E-state index contributed by atoms with van der Waals surface area (Å²) in [4.78, 5) is 0. The van der Waals surface area contributed by atoms with Gasteiger partial charge >= 0.3 is 0 Å². The van der Waals surface area contributed by atoms with Crippen molar-refractivity contribution in [2.45, 2.75) is 26.9 Å². The maximum absolute atomic E-state index is 10.0. The lowest BCUT2D eigenvalue weighted by Gasteiger charge is -2.05. The van der Waals surface area contributed by atoms with E-state index in [-0.39, 0.29) is 0 Å². The molecule has 0 spiro atoms. The summed E-state index contributed by atoms with van der Waals surface area (Å²) in [5, 5.41) is 24.9. The van der Waals surface area contributed by atoms with Crippen LogP contribution in [0.2, 0.25) is 0 Å². The van der Waals surface area contributed by atoms with Crippen LogP contribution in [-0.4, -0.2) is 9.13 Å². The van der Waals surface area contributed by atoms with Gasteiger partial charge in [0.2, 0.25) is 0 Å². The van der Waals surface area contributed by atoms with Crippen molar-refractivity contribution in [3.05, 3.63) is 130 Å². The van der Waals surface area contributed by atoms with Crippen LogP contribution < -0.4 is 0 Å². The highest BCUT2D eigenvalue weighted by Gasteiger charge is 2.11. The first-order chi connectivity index (χ1) is 21.6. The number of nitriles is 2. The largest absolute Gasteiger partial charge is 0.341 e. The number of hydrogen-bond donors (Lipinski definition) is 0. The molecule has 2 aromatic heterocycles. The summed E-state index contributed by atoms with van der Waals surface area (Å²) in [7, 11) is 0. The van der Waals surface area contributed by atoms with Crippen molar-refractivity contribution in [3.8, 4) is 12.1 Å². The molecule has 0 bridgehead atoms. The van der Waals surface area contributed by atoms with E-state index in [2.05, 4.69) is 120 Å². The van der Waals surface area contributed by atoms with Crippen molar-refractivity contribution in [1.82, 2.24) is 9.13 Å². The van der Waals surface area contributed by atoms with Gasteiger partial charge in [0.1, 0.15) is 0 Å². The maximum atomic E-state index is 10.0. The lowest BCUT2D eigenvalue weighted by Crippen LogP contribution is -1.92. The van der Waals surface area contributed by atoms with Crippen LogP contribution in [0.1, 0.15) is 47.2 Å². The maximum Gasteiger partial charge on any atom is 0.0998 e. The van der Waals surface area contributed by atoms with Crippen LogP contribution in [0, 0.1) is 22.7 Å². The van der Waals surface area contributed by atoms with Gasteiger partial charge in [0.25, 0.3) is 0 Å². The Bertz CT molecular complexity index is 2210. The highest BCUT2D eigenvalue weighted by atomic mass is 15.0. The molecule has 5 aromatic carbocycles. The number of aryl methyl sites for hydroxylation is 2. The van der Waals surface area contributed by atoms with Gasteiger partial charge in [-0.3, -0.25) is 0 Å². The molecule has 44 heavy (non-hydrogen) atoms. The predicted molar refractivity (Wildman–Crippen MR) is 184 cm³/mol. The second kappa shape index (κ2) is 11.1. The second-order valence-electron chi connectivity index (χ2n) is 11.0. The number of hydrogen-bond acceptors (Lipinski definition) is 2. The standard InChI is InChI=1S/C40H30N4/c1-3-43-37-11-7-5-9-33(37)35-21-27(15-19-39(35)43)13-17-29-23-32(26-42)30(24-31(29)25-41)18-14-28-16-20-40-36(22-28)34-10-6-8-12-38(34)44(40)4-2/h5-24H,3-4H2,1-2H3/b17-13+,18-14+. The average molecular weight is 567 g/mol. The summed E-state index contributed by atoms with van der Waals surface area (Å²) in [6, 6.07) is 38.2. The topological polar surface area (TPSA) is 57.4 Å². The van der Waals surface area contributed by atoms with Gasteiger partial charge in [0, 0.05) is 56.7 Å². The van der Waals surface area contributed by atoms with E-state index in [0.717, 1.165) is 35.3 Å². The lowest BCUT2D eigenvalue weighted by atomic mass is 9.97. The monoisotopic (exact) mass is 566 g/mol. The minimum absolute atomic E-state index is 0.532. The van der Waals surface area contributed by atoms with Gasteiger partial charge < -0.3 is 9.13 Å². The number of fused-ring (bicyclic) bond motifs is 6. The molecule has 0 aliphatic heterocycles. The number of rotatable bonds is 6. The van der Waals surface area contributed by atoms with E-state index in [9.17, 15) is 10.5 Å². The van der Waals surface area contributed by atoms with Crippen molar-refractivity contribution in [2.75, 3.05) is 0 Å². The Morgan fingerprint density at radius 2 is 0.909 bits per heavy atom. The Balaban J connectivity index is 1.23. The number of para-hydroxylation sites is 2. The summed E-state index contributed by atoms with van der Waals surface area (Å²) in [5.41, 5.74) is 9.49. The van der Waals surface area contributed by atoms with Gasteiger partial charge in [0.05, 0.1) is 23.3 Å². The Morgan fingerprint density at radius 1 is 0.500 bits per heavy atom. The summed E-state index contributed by atoms with van der Waals surface area (Å²) in [5.74, 6) is 0. The van der Waals surface area contributed by atoms with Gasteiger partial charge in [-0.15, -0.1) is 0 Å². The first kappa shape index (κ1) is 27.0. The molecule has 4 nitrogen and oxygen atoms in total. The van der Waals surface area contributed by atoms with Gasteiger partial charge in [-0.1, -0.05) is 72.8 Å². The highest BCUT2D eigenvalue weighted by molar-refractivity contribution is 6.09. The van der Waals surface area contributed by atoms with Crippen molar-refractivity contribution in [3.63, 3.8) is 0 Å². The zero-order chi connectivity index (χ0) is 30.2. The van der Waals surface area contributed by atoms with E-state index in [1.165, 1.54) is 43.6 Å². The summed E-state index contributed by atoms with van der Waals surface area (Å²) in [6.07, 6.45) is 7.91. The first-order valence-electron chi connectivity index (χ1n) is 15.0. The van der Waals surface area contributed by atoms with Gasteiger partial charge in [-0.25, -0.2) is 0 Å². The van der Waals surface area contributed by atoms with Gasteiger partial charge in [0.15, 0.2) is 0 Å². The van der Waals surface area contributed by atoms with Crippen LogP contribution in [0.25, 0.3) is 67.9 Å². The molecule has 7 rings (SSSR count). The van der Waals surface area contributed by atoms with Gasteiger partial charge in [-0.2, -0.15) is 10.5 Å². The number of benzene rings is 5. The molecule has 2 heterocycles. The molecule has 0 N–H and O–H groups in total. The Hall–Kier alpha value is -5.84. The smallest absolute Gasteiger partial charge is 0.0998 e. The third-order valence-electron chi connectivity index (χ3n) is 8.60. The Morgan fingerprint density at radius 3 is 1.32 bits per heavy atom. The molecule has 0 fully saturated rings. The zero-order valence-corrected chi connectivity index (χ0v) is 24.8.